The number of nitrogens with one attached hydrogen (secondary N) is 1. The van der Waals surface area contributed by atoms with Crippen molar-refractivity contribution in [3.63, 3.8) is 0 Å². The average molecular weight is 388 g/mol. The number of hydrogen-bond donors (Lipinski definition) is 1. The van der Waals surface area contributed by atoms with E-state index in [0.29, 0.717) is 0 Å². The topological polar surface area (TPSA) is 75.7 Å². The van der Waals surface area contributed by atoms with Crippen LogP contribution in [-0.2, 0) is 16.0 Å². The molecule has 2 aromatic rings. The van der Waals surface area contributed by atoms with Crippen LogP contribution in [0.2, 0.25) is 0 Å². The summed E-state index contributed by atoms with van der Waals surface area (Å²) in [6.07, 6.45) is -3.55. The van der Waals surface area contributed by atoms with Crippen molar-refractivity contribution in [2.75, 3.05) is 6.01 Å². The Morgan fingerprint density at radius 3 is 2.52 bits per heavy atom. The van der Waals surface area contributed by atoms with E-state index >= 15 is 0 Å². The second-order valence-corrected chi connectivity index (χ2v) is 6.46. The van der Waals surface area contributed by atoms with Gasteiger partial charge in [0.2, 0.25) is 9.84 Å². The zero-order valence-corrected chi connectivity index (χ0v) is 12.4. The molecule has 0 spiro atoms. The highest BCUT2D eigenvalue weighted by molar-refractivity contribution is 9.10. The molecule has 2 heterocycles. The van der Waals surface area contributed by atoms with Gasteiger partial charge in [0.1, 0.15) is 10.3 Å². The van der Waals surface area contributed by atoms with E-state index in [1.165, 1.54) is 6.07 Å². The third-order valence-corrected chi connectivity index (χ3v) is 4.28. The molecule has 0 saturated heterocycles. The zero-order valence-electron chi connectivity index (χ0n) is 9.95. The maximum Gasteiger partial charge on any atom is 0.433 e. The van der Waals surface area contributed by atoms with Crippen molar-refractivity contribution in [3.05, 3.63) is 28.6 Å². The van der Waals surface area contributed by atoms with Crippen molar-refractivity contribution < 1.29 is 26.0 Å². The molecule has 2 rings (SSSR count). The molecule has 0 aliphatic carbocycles. The van der Waals surface area contributed by atoms with E-state index in [1.54, 1.807) is 0 Å². The number of hydrogen-bond acceptors (Lipinski definition) is 4. The number of halogens is 5. The van der Waals surface area contributed by atoms with Gasteiger partial charge in [-0.3, -0.25) is 4.98 Å². The Labute approximate surface area is 124 Å². The van der Waals surface area contributed by atoms with Gasteiger partial charge in [-0.15, -0.1) is 0 Å². The van der Waals surface area contributed by atoms with Crippen molar-refractivity contribution in [3.8, 4) is 11.5 Å². The largest absolute Gasteiger partial charge is 0.433 e. The van der Waals surface area contributed by atoms with Crippen LogP contribution in [0.4, 0.5) is 17.6 Å². The Balaban J connectivity index is 2.65. The molecule has 1 N–H and O–H groups in total. The SMILES string of the molecule is O=S(=O)(CF)c1cccnc1-c1nc(Br)c(C(F)(F)F)[nH]1. The second kappa shape index (κ2) is 5.37. The van der Waals surface area contributed by atoms with Gasteiger partial charge in [0.05, 0.1) is 4.90 Å². The van der Waals surface area contributed by atoms with Crippen LogP contribution >= 0.6 is 15.9 Å². The molecule has 0 bridgehead atoms. The molecule has 0 radical (unpaired) electrons. The lowest BCUT2D eigenvalue weighted by molar-refractivity contribution is -0.141. The highest BCUT2D eigenvalue weighted by atomic mass is 79.9. The summed E-state index contributed by atoms with van der Waals surface area (Å²) in [5, 5.41) is 0. The van der Waals surface area contributed by atoms with Gasteiger partial charge in [0.25, 0.3) is 0 Å². The van der Waals surface area contributed by atoms with Gasteiger partial charge in [-0.25, -0.2) is 17.8 Å². The molecule has 0 fully saturated rings. The fourth-order valence-corrected chi connectivity index (χ4v) is 2.88. The van der Waals surface area contributed by atoms with Crippen molar-refractivity contribution in [2.45, 2.75) is 11.1 Å². The lowest BCUT2D eigenvalue weighted by Crippen LogP contribution is -2.07. The monoisotopic (exact) mass is 387 g/mol. The van der Waals surface area contributed by atoms with Gasteiger partial charge in [-0.2, -0.15) is 13.2 Å². The number of alkyl halides is 4. The third kappa shape index (κ3) is 3.07. The average Bonchev–Trinajstić information content (AvgIpc) is 2.81. The molecule has 5 nitrogen and oxygen atoms in total. The number of aromatic amines is 1. The Hall–Kier alpha value is -1.49. The van der Waals surface area contributed by atoms with E-state index < -0.39 is 43.0 Å². The van der Waals surface area contributed by atoms with E-state index in [4.69, 9.17) is 0 Å². The Bertz CT molecular complexity index is 773. The first-order valence-corrected chi connectivity index (χ1v) is 7.68. The van der Waals surface area contributed by atoms with Crippen molar-refractivity contribution in [1.82, 2.24) is 15.0 Å². The number of imidazole rings is 1. The maximum atomic E-state index is 12.7. The van der Waals surface area contributed by atoms with E-state index in [0.717, 1.165) is 12.3 Å². The fraction of sp³-hybridized carbons (Fsp3) is 0.200. The van der Waals surface area contributed by atoms with Crippen LogP contribution in [0.5, 0.6) is 0 Å². The van der Waals surface area contributed by atoms with Crippen LogP contribution in [0, 0.1) is 0 Å². The second-order valence-electron chi connectivity index (χ2n) is 3.82. The summed E-state index contributed by atoms with van der Waals surface area (Å²) in [4.78, 5) is 8.62. The van der Waals surface area contributed by atoms with Crippen LogP contribution in [0.15, 0.2) is 27.8 Å². The van der Waals surface area contributed by atoms with Gasteiger partial charge in [-0.1, -0.05) is 0 Å². The summed E-state index contributed by atoms with van der Waals surface area (Å²) in [7, 11) is -4.30. The quantitative estimate of drug-likeness (QED) is 0.821. The minimum absolute atomic E-state index is 0.383. The molecular formula is C10H6BrF4N3O2S. The van der Waals surface area contributed by atoms with E-state index in [2.05, 4.69) is 25.9 Å². The number of pyridine rings is 1. The first kappa shape index (κ1) is 15.9. The molecule has 0 saturated carbocycles. The number of H-pyrrole nitrogens is 1. The normalized spacial score (nSPS) is 12.6. The summed E-state index contributed by atoms with van der Waals surface area (Å²) >= 11 is 2.63. The standard InChI is InChI=1S/C10H6BrF4N3O2S/c11-8-7(10(13,14)15)17-9(18-8)6-5(2-1-3-16-6)21(19,20)4-12/h1-3H,4H2,(H,17,18). The molecule has 0 aromatic carbocycles. The molecule has 0 aliphatic heterocycles. The molecule has 21 heavy (non-hydrogen) atoms. The Morgan fingerprint density at radius 2 is 2.00 bits per heavy atom. The number of aromatic nitrogens is 3. The van der Waals surface area contributed by atoms with E-state index in [-0.39, 0.29) is 5.69 Å². The smallest absolute Gasteiger partial charge is 0.332 e. The molecule has 0 aliphatic rings. The first-order chi connectivity index (χ1) is 9.66. The highest BCUT2D eigenvalue weighted by Gasteiger charge is 2.37. The predicted molar refractivity (Wildman–Crippen MR) is 67.7 cm³/mol. The van der Waals surface area contributed by atoms with Crippen LogP contribution in [0.1, 0.15) is 5.69 Å². The Morgan fingerprint density at radius 1 is 1.33 bits per heavy atom. The van der Waals surface area contributed by atoms with Crippen molar-refractivity contribution in [1.29, 1.82) is 0 Å². The summed E-state index contributed by atoms with van der Waals surface area (Å²) in [5.41, 5.74) is -1.57. The van der Waals surface area contributed by atoms with Crippen molar-refractivity contribution in [2.24, 2.45) is 0 Å². The van der Waals surface area contributed by atoms with Crippen molar-refractivity contribution >= 4 is 25.8 Å². The van der Waals surface area contributed by atoms with Crippen LogP contribution in [0.3, 0.4) is 0 Å². The maximum absolute atomic E-state index is 12.7. The van der Waals surface area contributed by atoms with E-state index in [9.17, 15) is 26.0 Å². The lowest BCUT2D eigenvalue weighted by Gasteiger charge is -2.05. The highest BCUT2D eigenvalue weighted by Crippen LogP contribution is 2.35. The molecule has 2 aromatic heterocycles. The third-order valence-electron chi connectivity index (χ3n) is 2.42. The van der Waals surface area contributed by atoms with Gasteiger partial charge < -0.3 is 4.98 Å². The van der Waals surface area contributed by atoms with Gasteiger partial charge >= 0.3 is 6.18 Å². The minimum atomic E-state index is -4.71. The van der Waals surface area contributed by atoms with Gasteiger partial charge in [0.15, 0.2) is 17.5 Å². The number of rotatable bonds is 3. The van der Waals surface area contributed by atoms with Gasteiger partial charge in [0, 0.05) is 6.20 Å². The molecule has 0 unspecified atom stereocenters. The molecular weight excluding hydrogens is 382 g/mol. The molecule has 0 amide bonds. The summed E-state index contributed by atoms with van der Waals surface area (Å²) < 4.78 is 73.3. The molecule has 114 valence electrons. The van der Waals surface area contributed by atoms with Crippen LogP contribution < -0.4 is 0 Å². The zero-order chi connectivity index (χ0) is 15.8. The first-order valence-electron chi connectivity index (χ1n) is 5.23. The lowest BCUT2D eigenvalue weighted by atomic mass is 10.3. The summed E-state index contributed by atoms with van der Waals surface area (Å²) in [6, 6.07) is 0.579. The minimum Gasteiger partial charge on any atom is -0.332 e. The van der Waals surface area contributed by atoms with Crippen LogP contribution in [0.25, 0.3) is 11.5 Å². The fourth-order valence-electron chi connectivity index (χ4n) is 1.53. The molecule has 11 heteroatoms. The number of sulfone groups is 1. The van der Waals surface area contributed by atoms with E-state index in [1.807, 2.05) is 4.98 Å². The Kier molecular flexibility index (Phi) is 4.06. The van der Waals surface area contributed by atoms with Crippen LogP contribution in [-0.4, -0.2) is 29.4 Å². The predicted octanol–water partition coefficient (Wildman–Crippen LogP) is 2.95. The summed E-state index contributed by atoms with van der Waals surface area (Å²) in [5.74, 6) is -0.429. The summed E-state index contributed by atoms with van der Waals surface area (Å²) in [6.45, 7) is 0. The number of nitrogens with zero attached hydrogens (tertiary/aromatic N) is 2. The molecule has 0 atom stereocenters. The van der Waals surface area contributed by atoms with Gasteiger partial charge in [-0.05, 0) is 28.1 Å².